The van der Waals surface area contributed by atoms with E-state index in [4.69, 9.17) is 16.2 Å². The van der Waals surface area contributed by atoms with Crippen LogP contribution in [0.4, 0.5) is 11.6 Å². The molecule has 2 rings (SSSR count). The molecule has 0 amide bonds. The summed E-state index contributed by atoms with van der Waals surface area (Å²) in [5.74, 6) is 1.44. The normalized spacial score (nSPS) is 12.5. The van der Waals surface area contributed by atoms with Crippen molar-refractivity contribution in [1.29, 1.82) is 0 Å². The van der Waals surface area contributed by atoms with Crippen molar-refractivity contribution in [3.63, 3.8) is 0 Å². The van der Waals surface area contributed by atoms with Gasteiger partial charge < -0.3 is 16.2 Å². The smallest absolute Gasteiger partial charge is 0.191 e. The summed E-state index contributed by atoms with van der Waals surface area (Å²) in [5.41, 5.74) is 12.2. The Hall–Kier alpha value is -1.38. The molecule has 0 fully saturated rings. The maximum absolute atomic E-state index is 5.63. The first-order valence-electron chi connectivity index (χ1n) is 6.17. The van der Waals surface area contributed by atoms with Crippen LogP contribution in [0.15, 0.2) is 16.6 Å². The molecule has 20 heavy (non-hydrogen) atoms. The third kappa shape index (κ3) is 4.06. The zero-order valence-electron chi connectivity index (χ0n) is 11.4. The van der Waals surface area contributed by atoms with Crippen molar-refractivity contribution < 1.29 is 4.74 Å². The van der Waals surface area contributed by atoms with Crippen LogP contribution in [-0.4, -0.2) is 21.6 Å². The van der Waals surface area contributed by atoms with Crippen LogP contribution < -0.4 is 11.5 Å². The topological polar surface area (TPSA) is 99.9 Å². The summed E-state index contributed by atoms with van der Waals surface area (Å²) in [7, 11) is 0. The second kappa shape index (κ2) is 6.87. The van der Waals surface area contributed by atoms with Gasteiger partial charge in [0.15, 0.2) is 5.16 Å². The molecule has 0 aliphatic rings. The number of thiazole rings is 1. The molecule has 2 heterocycles. The lowest BCUT2D eigenvalue weighted by atomic mass is 10.4. The Bertz CT molecular complexity index is 554. The number of hydrogen-bond donors (Lipinski definition) is 2. The van der Waals surface area contributed by atoms with Gasteiger partial charge in [0.05, 0.1) is 5.69 Å². The lowest BCUT2D eigenvalue weighted by molar-refractivity contribution is 0.0761. The lowest BCUT2D eigenvalue weighted by Gasteiger charge is -2.06. The summed E-state index contributed by atoms with van der Waals surface area (Å²) >= 11 is 3.06. The van der Waals surface area contributed by atoms with Gasteiger partial charge in [0.25, 0.3) is 0 Å². The van der Waals surface area contributed by atoms with Crippen molar-refractivity contribution in [2.24, 2.45) is 0 Å². The minimum absolute atomic E-state index is 0.0306. The highest BCUT2D eigenvalue weighted by Gasteiger charge is 2.11. The predicted molar refractivity (Wildman–Crippen MR) is 82.6 cm³/mol. The average Bonchev–Trinajstić information content (AvgIpc) is 2.84. The van der Waals surface area contributed by atoms with Crippen molar-refractivity contribution in [3.8, 4) is 0 Å². The average molecular weight is 311 g/mol. The number of anilines is 2. The first-order chi connectivity index (χ1) is 9.58. The van der Waals surface area contributed by atoms with Gasteiger partial charge >= 0.3 is 0 Å². The Morgan fingerprint density at radius 3 is 2.65 bits per heavy atom. The molecule has 0 saturated carbocycles. The standard InChI is InChI=1S/C12H17N5OS2/c1-3-18-7(2)11-15-8(5-19-11)6-20-12-16-9(13)4-10(14)17-12/h4-5,7H,3,6H2,1-2H3,(H4,13,14,16,17). The Morgan fingerprint density at radius 1 is 1.30 bits per heavy atom. The maximum Gasteiger partial charge on any atom is 0.191 e. The molecule has 1 atom stereocenters. The summed E-state index contributed by atoms with van der Waals surface area (Å²) in [6, 6.07) is 1.54. The minimum atomic E-state index is 0.0306. The van der Waals surface area contributed by atoms with E-state index in [1.54, 1.807) is 11.3 Å². The molecule has 0 spiro atoms. The number of nitrogen functional groups attached to an aromatic ring is 2. The Kier molecular flexibility index (Phi) is 5.16. The van der Waals surface area contributed by atoms with Gasteiger partial charge in [0.2, 0.25) is 0 Å². The molecular formula is C12H17N5OS2. The van der Waals surface area contributed by atoms with Gasteiger partial charge in [-0.15, -0.1) is 11.3 Å². The fourth-order valence-electron chi connectivity index (χ4n) is 1.56. The second-order valence-corrected chi connectivity index (χ2v) is 5.90. The fraction of sp³-hybridized carbons (Fsp3) is 0.417. The molecule has 0 aliphatic heterocycles. The third-order valence-electron chi connectivity index (χ3n) is 2.43. The number of hydrogen-bond acceptors (Lipinski definition) is 8. The van der Waals surface area contributed by atoms with Gasteiger partial charge in [-0.3, -0.25) is 0 Å². The number of aromatic nitrogens is 3. The van der Waals surface area contributed by atoms with Crippen LogP contribution in [0, 0.1) is 0 Å². The van der Waals surface area contributed by atoms with Gasteiger partial charge in [-0.1, -0.05) is 11.8 Å². The molecule has 8 heteroatoms. The van der Waals surface area contributed by atoms with Gasteiger partial charge in [-0.05, 0) is 13.8 Å². The van der Waals surface area contributed by atoms with Gasteiger partial charge in [-0.2, -0.15) is 0 Å². The minimum Gasteiger partial charge on any atom is -0.383 e. The van der Waals surface area contributed by atoms with Crippen molar-refractivity contribution in [1.82, 2.24) is 15.0 Å². The zero-order valence-corrected chi connectivity index (χ0v) is 13.0. The molecule has 108 valence electrons. The van der Waals surface area contributed by atoms with Crippen molar-refractivity contribution in [2.75, 3.05) is 18.1 Å². The van der Waals surface area contributed by atoms with E-state index in [9.17, 15) is 0 Å². The monoisotopic (exact) mass is 311 g/mol. The number of thioether (sulfide) groups is 1. The molecule has 0 aliphatic carbocycles. The van der Waals surface area contributed by atoms with E-state index < -0.39 is 0 Å². The largest absolute Gasteiger partial charge is 0.383 e. The van der Waals surface area contributed by atoms with Gasteiger partial charge in [-0.25, -0.2) is 15.0 Å². The number of ether oxygens (including phenoxy) is 1. The highest BCUT2D eigenvalue weighted by molar-refractivity contribution is 7.98. The van der Waals surface area contributed by atoms with Crippen LogP contribution in [0.3, 0.4) is 0 Å². The molecule has 2 aromatic rings. The molecule has 2 aromatic heterocycles. The molecule has 1 unspecified atom stereocenters. The van der Waals surface area contributed by atoms with Crippen LogP contribution >= 0.6 is 23.1 Å². The van der Waals surface area contributed by atoms with Gasteiger partial charge in [0.1, 0.15) is 22.7 Å². The van der Waals surface area contributed by atoms with Crippen LogP contribution in [0.1, 0.15) is 30.7 Å². The number of nitrogens with two attached hydrogens (primary N) is 2. The first-order valence-corrected chi connectivity index (χ1v) is 8.03. The zero-order chi connectivity index (χ0) is 14.5. The van der Waals surface area contributed by atoms with Crippen LogP contribution in [0.5, 0.6) is 0 Å². The van der Waals surface area contributed by atoms with E-state index in [0.717, 1.165) is 10.7 Å². The van der Waals surface area contributed by atoms with Crippen LogP contribution in [0.25, 0.3) is 0 Å². The third-order valence-corrected chi connectivity index (χ3v) is 4.36. The number of rotatable bonds is 6. The van der Waals surface area contributed by atoms with Crippen LogP contribution in [-0.2, 0) is 10.5 Å². The molecule has 6 nitrogen and oxygen atoms in total. The van der Waals surface area contributed by atoms with Gasteiger partial charge in [0, 0.05) is 23.8 Å². The van der Waals surface area contributed by atoms with E-state index in [1.165, 1.54) is 17.8 Å². The Morgan fingerprint density at radius 2 is 2.00 bits per heavy atom. The first kappa shape index (κ1) is 15.0. The molecule has 0 saturated heterocycles. The van der Waals surface area contributed by atoms with E-state index >= 15 is 0 Å². The van der Waals surface area contributed by atoms with E-state index in [2.05, 4.69) is 15.0 Å². The summed E-state index contributed by atoms with van der Waals surface area (Å²) < 4.78 is 5.52. The summed E-state index contributed by atoms with van der Waals surface area (Å²) in [4.78, 5) is 12.8. The maximum atomic E-state index is 5.63. The second-order valence-electron chi connectivity index (χ2n) is 4.06. The van der Waals surface area contributed by atoms with Crippen molar-refractivity contribution >= 4 is 34.7 Å². The lowest BCUT2D eigenvalue weighted by Crippen LogP contribution is -2.00. The highest BCUT2D eigenvalue weighted by Crippen LogP contribution is 2.25. The summed E-state index contributed by atoms with van der Waals surface area (Å²) in [6.45, 7) is 4.66. The van der Waals surface area contributed by atoms with E-state index in [0.29, 0.717) is 29.2 Å². The molecule has 0 radical (unpaired) electrons. The fourth-order valence-corrected chi connectivity index (χ4v) is 3.25. The van der Waals surface area contributed by atoms with E-state index in [1.807, 2.05) is 19.2 Å². The molecular weight excluding hydrogens is 294 g/mol. The van der Waals surface area contributed by atoms with Crippen molar-refractivity contribution in [2.45, 2.75) is 30.9 Å². The number of nitrogens with zero attached hydrogens (tertiary/aromatic N) is 3. The quantitative estimate of drug-likeness (QED) is 0.624. The van der Waals surface area contributed by atoms with Crippen LogP contribution in [0.2, 0.25) is 0 Å². The highest BCUT2D eigenvalue weighted by atomic mass is 32.2. The summed E-state index contributed by atoms with van der Waals surface area (Å²) in [5, 5.41) is 3.57. The Labute approximate surface area is 126 Å². The molecule has 0 bridgehead atoms. The molecule has 0 aromatic carbocycles. The SMILES string of the molecule is CCOC(C)c1nc(CSc2nc(N)cc(N)n2)cs1. The Balaban J connectivity index is 1.97. The summed E-state index contributed by atoms with van der Waals surface area (Å²) in [6.07, 6.45) is 0.0306. The predicted octanol–water partition coefficient (Wildman–Crippen LogP) is 2.49. The van der Waals surface area contributed by atoms with E-state index in [-0.39, 0.29) is 6.10 Å². The molecule has 4 N–H and O–H groups in total. The van der Waals surface area contributed by atoms with Crippen molar-refractivity contribution in [3.05, 3.63) is 22.1 Å².